The van der Waals surface area contributed by atoms with Gasteiger partial charge in [-0.1, -0.05) is 6.07 Å². The second kappa shape index (κ2) is 7.50. The highest BCUT2D eigenvalue weighted by Gasteiger charge is 2.60. The number of hydrogen-bond acceptors (Lipinski definition) is 5. The summed E-state index contributed by atoms with van der Waals surface area (Å²) in [7, 11) is -0.729. The molecule has 1 amide bonds. The van der Waals surface area contributed by atoms with E-state index in [2.05, 4.69) is 5.32 Å². The number of amides is 1. The molecule has 30 heavy (non-hydrogen) atoms. The monoisotopic (exact) mass is 454 g/mol. The molecule has 2 unspecified atom stereocenters. The number of carbonyl (C=O) groups excluding carboxylic acids is 2. The van der Waals surface area contributed by atoms with Crippen molar-refractivity contribution in [2.24, 2.45) is 17.3 Å². The standard InChI is InChI=1S/C21H27ClN2O5S/c1-24(2)30(27,28)17-5-3-4-16(7-17)23-18(25)12-29-19(26)20-8-14-6-15(9-20)11-21(22,10-14)13-20/h3-5,7,14-15H,6,8-13H2,1-2H3,(H,23,25). The van der Waals surface area contributed by atoms with Crippen LogP contribution in [0.4, 0.5) is 5.69 Å². The van der Waals surface area contributed by atoms with Gasteiger partial charge in [0.1, 0.15) is 0 Å². The Hall–Kier alpha value is -1.64. The number of nitrogens with zero attached hydrogens (tertiary/aromatic N) is 1. The average molecular weight is 455 g/mol. The van der Waals surface area contributed by atoms with Gasteiger partial charge in [0.2, 0.25) is 10.0 Å². The first-order valence-corrected chi connectivity index (χ1v) is 12.0. The van der Waals surface area contributed by atoms with Crippen molar-refractivity contribution >= 4 is 39.2 Å². The average Bonchev–Trinajstić information content (AvgIpc) is 2.64. The van der Waals surface area contributed by atoms with Crippen molar-refractivity contribution < 1.29 is 22.7 Å². The second-order valence-corrected chi connectivity index (χ2v) is 12.3. The molecule has 0 heterocycles. The molecule has 1 N–H and O–H groups in total. The topological polar surface area (TPSA) is 92.8 Å². The fourth-order valence-corrected chi connectivity index (χ4v) is 7.46. The number of ether oxygens (including phenoxy) is 1. The molecular weight excluding hydrogens is 428 g/mol. The molecule has 0 radical (unpaired) electrons. The van der Waals surface area contributed by atoms with E-state index in [0.717, 1.165) is 36.4 Å². The summed E-state index contributed by atoms with van der Waals surface area (Å²) < 4.78 is 31.0. The van der Waals surface area contributed by atoms with E-state index < -0.39 is 28.0 Å². The van der Waals surface area contributed by atoms with Crippen molar-refractivity contribution in [1.29, 1.82) is 0 Å². The number of nitrogens with one attached hydrogen (secondary N) is 1. The maximum absolute atomic E-state index is 12.9. The van der Waals surface area contributed by atoms with Gasteiger partial charge in [-0.25, -0.2) is 12.7 Å². The van der Waals surface area contributed by atoms with E-state index >= 15 is 0 Å². The smallest absolute Gasteiger partial charge is 0.312 e. The molecule has 9 heteroatoms. The maximum atomic E-state index is 12.9. The van der Waals surface area contributed by atoms with Crippen molar-refractivity contribution in [2.75, 3.05) is 26.0 Å². The molecule has 1 aromatic rings. The maximum Gasteiger partial charge on any atom is 0.312 e. The van der Waals surface area contributed by atoms with Crippen LogP contribution in [0.1, 0.15) is 38.5 Å². The Labute approximate surface area is 182 Å². The third-order valence-corrected chi connectivity index (χ3v) is 8.91. The molecule has 4 fully saturated rings. The van der Waals surface area contributed by atoms with Gasteiger partial charge in [0.25, 0.3) is 5.91 Å². The van der Waals surface area contributed by atoms with Crippen molar-refractivity contribution in [2.45, 2.75) is 48.3 Å². The minimum Gasteiger partial charge on any atom is -0.455 e. The third-order valence-electron chi connectivity index (χ3n) is 6.65. The normalized spacial score (nSPS) is 32.3. The number of sulfonamides is 1. The van der Waals surface area contributed by atoms with Gasteiger partial charge in [0.05, 0.1) is 10.3 Å². The van der Waals surface area contributed by atoms with Crippen LogP contribution in [0, 0.1) is 17.3 Å². The van der Waals surface area contributed by atoms with E-state index in [1.165, 1.54) is 26.2 Å². The number of hydrogen-bond donors (Lipinski definition) is 1. The van der Waals surface area contributed by atoms with E-state index in [4.69, 9.17) is 16.3 Å². The van der Waals surface area contributed by atoms with E-state index in [0.29, 0.717) is 23.9 Å². The lowest BCUT2D eigenvalue weighted by molar-refractivity contribution is -0.171. The van der Waals surface area contributed by atoms with Crippen molar-refractivity contribution in [3.8, 4) is 0 Å². The molecule has 4 aliphatic rings. The van der Waals surface area contributed by atoms with Crippen LogP contribution in [-0.2, 0) is 24.3 Å². The van der Waals surface area contributed by atoms with Crippen LogP contribution in [0.15, 0.2) is 29.2 Å². The molecule has 0 spiro atoms. The minimum absolute atomic E-state index is 0.0725. The molecule has 0 aliphatic heterocycles. The predicted molar refractivity (Wildman–Crippen MR) is 113 cm³/mol. The number of benzene rings is 1. The van der Waals surface area contributed by atoms with Crippen molar-refractivity contribution in [3.05, 3.63) is 24.3 Å². The molecule has 0 saturated heterocycles. The Bertz CT molecular complexity index is 963. The van der Waals surface area contributed by atoms with Crippen LogP contribution in [-0.4, -0.2) is 50.2 Å². The first-order chi connectivity index (χ1) is 14.0. The number of rotatable bonds is 6. The first-order valence-electron chi connectivity index (χ1n) is 10.2. The van der Waals surface area contributed by atoms with Crippen LogP contribution in [0.2, 0.25) is 0 Å². The molecule has 5 rings (SSSR count). The predicted octanol–water partition coefficient (Wildman–Crippen LogP) is 3.00. The summed E-state index contributed by atoms with van der Waals surface area (Å²) in [6, 6.07) is 5.98. The second-order valence-electron chi connectivity index (χ2n) is 9.33. The summed E-state index contributed by atoms with van der Waals surface area (Å²) in [6.07, 6.45) is 5.28. The van der Waals surface area contributed by atoms with Crippen LogP contribution < -0.4 is 5.32 Å². The van der Waals surface area contributed by atoms with E-state index in [9.17, 15) is 18.0 Å². The number of esters is 1. The molecule has 4 bridgehead atoms. The molecule has 2 atom stereocenters. The van der Waals surface area contributed by atoms with E-state index in [1.54, 1.807) is 12.1 Å². The highest BCUT2D eigenvalue weighted by atomic mass is 35.5. The zero-order chi connectivity index (χ0) is 21.7. The lowest BCUT2D eigenvalue weighted by Gasteiger charge is -2.58. The first kappa shape index (κ1) is 21.6. The molecule has 4 aliphatic carbocycles. The SMILES string of the molecule is CN(C)S(=O)(=O)c1cccc(NC(=O)COC(=O)C23CC4CC(CC(Cl)(C4)C2)C3)c1. The lowest BCUT2D eigenvalue weighted by atomic mass is 9.49. The third kappa shape index (κ3) is 3.97. The Kier molecular flexibility index (Phi) is 5.39. The zero-order valence-electron chi connectivity index (χ0n) is 17.2. The molecule has 7 nitrogen and oxygen atoms in total. The van der Waals surface area contributed by atoms with Gasteiger partial charge in [-0.3, -0.25) is 9.59 Å². The summed E-state index contributed by atoms with van der Waals surface area (Å²) in [5.41, 5.74) is -0.236. The van der Waals surface area contributed by atoms with Crippen molar-refractivity contribution in [1.82, 2.24) is 4.31 Å². The largest absolute Gasteiger partial charge is 0.455 e. The lowest BCUT2D eigenvalue weighted by Crippen LogP contribution is -2.56. The quantitative estimate of drug-likeness (QED) is 0.527. The minimum atomic E-state index is -3.61. The van der Waals surface area contributed by atoms with E-state index in [-0.39, 0.29) is 15.7 Å². The van der Waals surface area contributed by atoms with Crippen LogP contribution >= 0.6 is 11.6 Å². The van der Waals surface area contributed by atoms with Crippen molar-refractivity contribution in [3.63, 3.8) is 0 Å². The van der Waals surface area contributed by atoms with Crippen LogP contribution in [0.25, 0.3) is 0 Å². The van der Waals surface area contributed by atoms with Gasteiger partial charge in [-0.2, -0.15) is 0 Å². The summed E-state index contributed by atoms with van der Waals surface area (Å²) in [6.45, 7) is -0.407. The molecule has 1 aromatic carbocycles. The van der Waals surface area contributed by atoms with Gasteiger partial charge < -0.3 is 10.1 Å². The molecule has 164 valence electrons. The molecular formula is C21H27ClN2O5S. The zero-order valence-corrected chi connectivity index (χ0v) is 18.8. The summed E-state index contributed by atoms with van der Waals surface area (Å²) in [5, 5.41) is 2.60. The Balaban J connectivity index is 1.37. The summed E-state index contributed by atoms with van der Waals surface area (Å²) in [4.78, 5) is 25.0. The fraction of sp³-hybridized carbons (Fsp3) is 0.619. The Morgan fingerprint density at radius 2 is 1.87 bits per heavy atom. The van der Waals surface area contributed by atoms with Gasteiger partial charge in [0.15, 0.2) is 6.61 Å². The highest BCUT2D eigenvalue weighted by Crippen LogP contribution is 2.64. The van der Waals surface area contributed by atoms with E-state index in [1.807, 2.05) is 0 Å². The van der Waals surface area contributed by atoms with Crippen LogP contribution in [0.3, 0.4) is 0 Å². The molecule has 0 aromatic heterocycles. The number of alkyl halides is 1. The Morgan fingerprint density at radius 3 is 2.47 bits per heavy atom. The highest BCUT2D eigenvalue weighted by molar-refractivity contribution is 7.89. The van der Waals surface area contributed by atoms with Gasteiger partial charge in [-0.15, -0.1) is 11.6 Å². The summed E-state index contributed by atoms with van der Waals surface area (Å²) >= 11 is 6.77. The number of halogens is 1. The fourth-order valence-electron chi connectivity index (χ4n) is 5.82. The van der Waals surface area contributed by atoms with Crippen LogP contribution in [0.5, 0.6) is 0 Å². The van der Waals surface area contributed by atoms with Gasteiger partial charge in [-0.05, 0) is 68.6 Å². The molecule has 4 saturated carbocycles. The van der Waals surface area contributed by atoms with Gasteiger partial charge in [0, 0.05) is 24.7 Å². The Morgan fingerprint density at radius 1 is 1.20 bits per heavy atom. The summed E-state index contributed by atoms with van der Waals surface area (Å²) in [5.74, 6) is 0.0896. The van der Waals surface area contributed by atoms with Gasteiger partial charge >= 0.3 is 5.97 Å². The number of carbonyl (C=O) groups is 2. The number of anilines is 1.